The molecule has 1 aromatic heterocycles. The van der Waals surface area contributed by atoms with Crippen LogP contribution in [0.25, 0.3) is 0 Å². The lowest BCUT2D eigenvalue weighted by molar-refractivity contribution is -0.137. The normalized spacial score (nSPS) is 10.3. The SMILES string of the molecule is O=C(O)Cn1cccc1C(=O)Nc1ccc(Cl)c(F)c1. The summed E-state index contributed by atoms with van der Waals surface area (Å²) in [7, 11) is 0. The molecule has 0 radical (unpaired) electrons. The van der Waals surface area contributed by atoms with Crippen LogP contribution in [0.4, 0.5) is 10.1 Å². The van der Waals surface area contributed by atoms with Gasteiger partial charge in [-0.2, -0.15) is 0 Å². The minimum atomic E-state index is -1.06. The van der Waals surface area contributed by atoms with E-state index in [9.17, 15) is 14.0 Å². The second-order valence-corrected chi connectivity index (χ2v) is 4.41. The molecule has 0 aliphatic heterocycles. The van der Waals surface area contributed by atoms with Gasteiger partial charge in [-0.25, -0.2) is 4.39 Å². The lowest BCUT2D eigenvalue weighted by atomic mass is 10.3. The number of carboxylic acids is 1. The lowest BCUT2D eigenvalue weighted by Gasteiger charge is -2.08. The number of aromatic nitrogens is 1. The molecule has 20 heavy (non-hydrogen) atoms. The second-order valence-electron chi connectivity index (χ2n) is 4.00. The zero-order valence-corrected chi connectivity index (χ0v) is 10.9. The molecule has 7 heteroatoms. The molecule has 0 spiro atoms. The van der Waals surface area contributed by atoms with Gasteiger partial charge in [0.25, 0.3) is 5.91 Å². The lowest BCUT2D eigenvalue weighted by Crippen LogP contribution is -2.19. The van der Waals surface area contributed by atoms with Gasteiger partial charge >= 0.3 is 5.97 Å². The number of halogens is 2. The van der Waals surface area contributed by atoms with E-state index in [1.54, 1.807) is 6.07 Å². The Labute approximate surface area is 118 Å². The van der Waals surface area contributed by atoms with Crippen LogP contribution in [0.2, 0.25) is 5.02 Å². The molecule has 0 unspecified atom stereocenters. The highest BCUT2D eigenvalue weighted by Gasteiger charge is 2.13. The van der Waals surface area contributed by atoms with E-state index >= 15 is 0 Å². The van der Waals surface area contributed by atoms with Gasteiger partial charge in [0.05, 0.1) is 5.02 Å². The van der Waals surface area contributed by atoms with E-state index in [-0.39, 0.29) is 22.9 Å². The maximum absolute atomic E-state index is 13.3. The van der Waals surface area contributed by atoms with Gasteiger partial charge in [-0.15, -0.1) is 0 Å². The molecule has 2 N–H and O–H groups in total. The van der Waals surface area contributed by atoms with Gasteiger partial charge in [0.2, 0.25) is 0 Å². The first-order valence-corrected chi connectivity index (χ1v) is 5.98. The predicted octanol–water partition coefficient (Wildman–Crippen LogP) is 2.62. The minimum absolute atomic E-state index is 0.0442. The Kier molecular flexibility index (Phi) is 4.05. The molecule has 0 aliphatic carbocycles. The third-order valence-electron chi connectivity index (χ3n) is 2.55. The number of anilines is 1. The van der Waals surface area contributed by atoms with Crippen molar-refractivity contribution in [3.05, 3.63) is 53.1 Å². The average molecular weight is 297 g/mol. The van der Waals surface area contributed by atoms with Crippen LogP contribution < -0.4 is 5.32 Å². The minimum Gasteiger partial charge on any atom is -0.480 e. The van der Waals surface area contributed by atoms with Crippen molar-refractivity contribution in [2.24, 2.45) is 0 Å². The molecule has 0 aliphatic rings. The van der Waals surface area contributed by atoms with Crippen molar-refractivity contribution in [3.8, 4) is 0 Å². The molecule has 0 saturated carbocycles. The van der Waals surface area contributed by atoms with E-state index in [4.69, 9.17) is 16.7 Å². The fourth-order valence-electron chi connectivity index (χ4n) is 1.67. The summed E-state index contributed by atoms with van der Waals surface area (Å²) >= 11 is 5.54. The first kappa shape index (κ1) is 14.1. The van der Waals surface area contributed by atoms with Gasteiger partial charge in [0.1, 0.15) is 18.1 Å². The van der Waals surface area contributed by atoms with E-state index in [2.05, 4.69) is 5.32 Å². The molecule has 104 valence electrons. The number of carboxylic acid groups (broad SMARTS) is 1. The Morgan fingerprint density at radius 3 is 2.75 bits per heavy atom. The molecule has 2 rings (SSSR count). The van der Waals surface area contributed by atoms with E-state index in [1.807, 2.05) is 0 Å². The molecule has 0 atom stereocenters. The van der Waals surface area contributed by atoms with Gasteiger partial charge < -0.3 is 15.0 Å². The molecule has 1 aromatic carbocycles. The number of hydrogen-bond donors (Lipinski definition) is 2. The third-order valence-corrected chi connectivity index (χ3v) is 2.85. The highest BCUT2D eigenvalue weighted by atomic mass is 35.5. The number of nitrogens with one attached hydrogen (secondary N) is 1. The molecule has 2 aromatic rings. The first-order valence-electron chi connectivity index (χ1n) is 5.60. The topological polar surface area (TPSA) is 71.3 Å². The molecule has 1 heterocycles. The molecule has 0 bridgehead atoms. The maximum atomic E-state index is 13.3. The van der Waals surface area contributed by atoms with E-state index in [1.165, 1.54) is 29.0 Å². The molecule has 0 fully saturated rings. The Hall–Kier alpha value is -2.34. The van der Waals surface area contributed by atoms with Crippen LogP contribution in [0.15, 0.2) is 36.5 Å². The Morgan fingerprint density at radius 2 is 2.10 bits per heavy atom. The van der Waals surface area contributed by atoms with Crippen molar-refractivity contribution in [2.75, 3.05) is 5.32 Å². The van der Waals surface area contributed by atoms with E-state index < -0.39 is 17.7 Å². The van der Waals surface area contributed by atoms with Gasteiger partial charge in [-0.1, -0.05) is 11.6 Å². The number of benzene rings is 1. The Balaban J connectivity index is 2.17. The van der Waals surface area contributed by atoms with Gasteiger partial charge in [-0.3, -0.25) is 9.59 Å². The van der Waals surface area contributed by atoms with Crippen molar-refractivity contribution in [2.45, 2.75) is 6.54 Å². The summed E-state index contributed by atoms with van der Waals surface area (Å²) in [4.78, 5) is 22.7. The predicted molar refractivity (Wildman–Crippen MR) is 71.4 cm³/mol. The summed E-state index contributed by atoms with van der Waals surface area (Å²) in [5.41, 5.74) is 0.405. The zero-order valence-electron chi connectivity index (χ0n) is 10.1. The largest absolute Gasteiger partial charge is 0.480 e. The first-order chi connectivity index (χ1) is 9.47. The summed E-state index contributed by atoms with van der Waals surface area (Å²) in [6.07, 6.45) is 1.48. The summed E-state index contributed by atoms with van der Waals surface area (Å²) < 4.78 is 14.5. The quantitative estimate of drug-likeness (QED) is 0.911. The van der Waals surface area contributed by atoms with Crippen LogP contribution in [0.5, 0.6) is 0 Å². The van der Waals surface area contributed by atoms with E-state index in [0.717, 1.165) is 6.07 Å². The van der Waals surface area contributed by atoms with Crippen LogP contribution in [0.3, 0.4) is 0 Å². The third kappa shape index (κ3) is 3.16. The van der Waals surface area contributed by atoms with Crippen LogP contribution in [0.1, 0.15) is 10.5 Å². The number of carbonyl (C=O) groups excluding carboxylic acids is 1. The fraction of sp³-hybridized carbons (Fsp3) is 0.0769. The number of nitrogens with zero attached hydrogens (tertiary/aromatic N) is 1. The highest BCUT2D eigenvalue weighted by molar-refractivity contribution is 6.30. The molecule has 1 amide bonds. The number of aliphatic carboxylic acids is 1. The number of amides is 1. The Morgan fingerprint density at radius 1 is 1.35 bits per heavy atom. The van der Waals surface area contributed by atoms with Crippen LogP contribution >= 0.6 is 11.6 Å². The van der Waals surface area contributed by atoms with Gasteiger partial charge in [-0.05, 0) is 30.3 Å². The smallest absolute Gasteiger partial charge is 0.323 e. The second kappa shape index (κ2) is 5.75. The van der Waals surface area contributed by atoms with Crippen LogP contribution in [-0.2, 0) is 11.3 Å². The molecular formula is C13H10ClFN2O3. The van der Waals surface area contributed by atoms with Crippen molar-refractivity contribution < 1.29 is 19.1 Å². The molecular weight excluding hydrogens is 287 g/mol. The van der Waals surface area contributed by atoms with Crippen molar-refractivity contribution in [1.29, 1.82) is 0 Å². The summed E-state index contributed by atoms with van der Waals surface area (Å²) in [5.74, 6) is -2.24. The number of hydrogen-bond acceptors (Lipinski definition) is 2. The van der Waals surface area contributed by atoms with Gasteiger partial charge in [0, 0.05) is 11.9 Å². The fourth-order valence-corrected chi connectivity index (χ4v) is 1.79. The summed E-state index contributed by atoms with van der Waals surface area (Å²) in [5, 5.41) is 11.2. The Bertz CT molecular complexity index is 669. The van der Waals surface area contributed by atoms with Crippen molar-refractivity contribution >= 4 is 29.2 Å². The molecule has 5 nitrogen and oxygen atoms in total. The standard InChI is InChI=1S/C13H10ClFN2O3/c14-9-4-3-8(6-10(9)15)16-13(20)11-2-1-5-17(11)7-12(18)19/h1-6H,7H2,(H,16,20)(H,18,19). The van der Waals surface area contributed by atoms with E-state index in [0.29, 0.717) is 0 Å². The summed E-state index contributed by atoms with van der Waals surface area (Å²) in [6.45, 7) is -0.329. The average Bonchev–Trinajstić information content (AvgIpc) is 2.81. The maximum Gasteiger partial charge on any atom is 0.323 e. The van der Waals surface area contributed by atoms with Crippen molar-refractivity contribution in [1.82, 2.24) is 4.57 Å². The number of carbonyl (C=O) groups is 2. The van der Waals surface area contributed by atoms with Gasteiger partial charge in [0.15, 0.2) is 0 Å². The van der Waals surface area contributed by atoms with Crippen LogP contribution in [0, 0.1) is 5.82 Å². The number of rotatable bonds is 4. The van der Waals surface area contributed by atoms with Crippen LogP contribution in [-0.4, -0.2) is 21.6 Å². The highest BCUT2D eigenvalue weighted by Crippen LogP contribution is 2.19. The zero-order chi connectivity index (χ0) is 14.7. The van der Waals surface area contributed by atoms with Crippen molar-refractivity contribution in [3.63, 3.8) is 0 Å². The summed E-state index contributed by atoms with van der Waals surface area (Å²) in [6, 6.07) is 6.89. The molecule has 0 saturated heterocycles. The monoisotopic (exact) mass is 296 g/mol.